The molecule has 0 aromatic heterocycles. The fraction of sp³-hybridized carbons (Fsp3) is 0.700. The van der Waals surface area contributed by atoms with Crippen molar-refractivity contribution in [2.45, 2.75) is 76.7 Å². The molecule has 1 heterocycles. The molecular formula is C20H31N. The monoisotopic (exact) mass is 285 g/mol. The van der Waals surface area contributed by atoms with E-state index in [1.165, 1.54) is 50.8 Å². The number of nitrogens with zero attached hydrogens (tertiary/aromatic N) is 1. The molecule has 0 amide bonds. The van der Waals surface area contributed by atoms with E-state index in [9.17, 15) is 0 Å². The molecule has 0 unspecified atom stereocenters. The molecule has 1 aromatic carbocycles. The first-order valence-electron chi connectivity index (χ1n) is 8.74. The number of piperidine rings is 1. The van der Waals surface area contributed by atoms with Crippen LogP contribution in [0.4, 0.5) is 0 Å². The van der Waals surface area contributed by atoms with Crippen molar-refractivity contribution in [1.29, 1.82) is 0 Å². The van der Waals surface area contributed by atoms with Crippen LogP contribution in [0.5, 0.6) is 0 Å². The Morgan fingerprint density at radius 1 is 1.00 bits per heavy atom. The van der Waals surface area contributed by atoms with Crippen molar-refractivity contribution in [3.05, 3.63) is 35.4 Å². The maximum Gasteiger partial charge on any atom is 0.00952 e. The van der Waals surface area contributed by atoms with Crippen LogP contribution in [0.3, 0.4) is 0 Å². The lowest BCUT2D eigenvalue weighted by Gasteiger charge is -2.45. The summed E-state index contributed by atoms with van der Waals surface area (Å²) in [7, 11) is 0. The Balaban J connectivity index is 1.68. The normalized spacial score (nSPS) is 23.8. The Morgan fingerprint density at radius 2 is 1.57 bits per heavy atom. The number of likely N-dealkylation sites (tertiary alicyclic amines) is 1. The van der Waals surface area contributed by atoms with Gasteiger partial charge < -0.3 is 4.90 Å². The first kappa shape index (κ1) is 15.1. The van der Waals surface area contributed by atoms with Gasteiger partial charge in [0, 0.05) is 6.04 Å². The van der Waals surface area contributed by atoms with E-state index >= 15 is 0 Å². The Labute approximate surface area is 130 Å². The number of hydrogen-bond donors (Lipinski definition) is 0. The van der Waals surface area contributed by atoms with Crippen LogP contribution in [0, 0.1) is 0 Å². The molecule has 3 rings (SSSR count). The van der Waals surface area contributed by atoms with E-state index in [-0.39, 0.29) is 5.41 Å². The molecule has 0 N–H and O–H groups in total. The minimum Gasteiger partial charge on any atom is -0.300 e. The lowest BCUT2D eigenvalue weighted by atomic mass is 9.73. The molecule has 116 valence electrons. The van der Waals surface area contributed by atoms with Gasteiger partial charge in [0.1, 0.15) is 0 Å². The van der Waals surface area contributed by atoms with E-state index in [0.717, 1.165) is 6.04 Å². The van der Waals surface area contributed by atoms with Gasteiger partial charge in [-0.15, -0.1) is 0 Å². The van der Waals surface area contributed by atoms with E-state index in [1.807, 2.05) is 0 Å². The van der Waals surface area contributed by atoms with Gasteiger partial charge in [-0.1, -0.05) is 58.4 Å². The zero-order valence-corrected chi connectivity index (χ0v) is 14.3. The molecule has 1 aromatic rings. The smallest absolute Gasteiger partial charge is 0.00952 e. The quantitative estimate of drug-likeness (QED) is 0.748. The van der Waals surface area contributed by atoms with Crippen LogP contribution < -0.4 is 0 Å². The third-order valence-electron chi connectivity index (χ3n) is 5.94. The first-order valence-corrected chi connectivity index (χ1v) is 8.74. The molecule has 2 aliphatic rings. The molecule has 0 bridgehead atoms. The Kier molecular flexibility index (Phi) is 3.90. The molecule has 1 aliphatic carbocycles. The van der Waals surface area contributed by atoms with Crippen molar-refractivity contribution < 1.29 is 0 Å². The topological polar surface area (TPSA) is 3.24 Å². The van der Waals surface area contributed by atoms with E-state index in [2.05, 4.69) is 56.9 Å². The minimum absolute atomic E-state index is 0.257. The minimum atomic E-state index is 0.257. The van der Waals surface area contributed by atoms with Crippen LogP contribution in [-0.4, -0.2) is 24.0 Å². The predicted molar refractivity (Wildman–Crippen MR) is 90.9 cm³/mol. The summed E-state index contributed by atoms with van der Waals surface area (Å²) in [5.74, 6) is 0. The molecule has 0 spiro atoms. The largest absolute Gasteiger partial charge is 0.300 e. The summed E-state index contributed by atoms with van der Waals surface area (Å²) in [6.45, 7) is 11.9. The van der Waals surface area contributed by atoms with Gasteiger partial charge in [-0.3, -0.25) is 0 Å². The van der Waals surface area contributed by atoms with E-state index in [4.69, 9.17) is 0 Å². The van der Waals surface area contributed by atoms with E-state index < -0.39 is 0 Å². The van der Waals surface area contributed by atoms with Crippen molar-refractivity contribution in [2.75, 3.05) is 13.1 Å². The average Bonchev–Trinajstić information content (AvgIpc) is 2.39. The number of rotatable bonds is 2. The average molecular weight is 285 g/mol. The van der Waals surface area contributed by atoms with Crippen LogP contribution in [0.15, 0.2) is 24.3 Å². The Hall–Kier alpha value is -0.820. The summed E-state index contributed by atoms with van der Waals surface area (Å²) in [5.41, 5.74) is 3.63. The van der Waals surface area contributed by atoms with Gasteiger partial charge in [0.2, 0.25) is 0 Å². The molecule has 1 saturated carbocycles. The number of benzene rings is 1. The predicted octanol–water partition coefficient (Wildman–Crippen LogP) is 4.89. The molecule has 1 nitrogen and oxygen atoms in total. The molecule has 0 radical (unpaired) electrons. The van der Waals surface area contributed by atoms with Crippen molar-refractivity contribution in [1.82, 2.24) is 4.90 Å². The SMILES string of the molecule is CC(C)(C)c1ccc(C2(C)CCN(C3CCC3)CC2)cc1. The standard InChI is InChI=1S/C20H31N/c1-19(2,3)16-8-10-17(11-9-16)20(4)12-14-21(15-13-20)18-6-5-7-18/h8-11,18H,5-7,12-15H2,1-4H3. The van der Waals surface area contributed by atoms with Gasteiger partial charge in [0.15, 0.2) is 0 Å². The summed E-state index contributed by atoms with van der Waals surface area (Å²) in [5, 5.41) is 0. The van der Waals surface area contributed by atoms with Crippen LogP contribution >= 0.6 is 0 Å². The maximum atomic E-state index is 2.74. The van der Waals surface area contributed by atoms with Crippen molar-refractivity contribution in [3.63, 3.8) is 0 Å². The van der Waals surface area contributed by atoms with Crippen molar-refractivity contribution in [2.24, 2.45) is 0 Å². The van der Waals surface area contributed by atoms with Gasteiger partial charge in [-0.2, -0.15) is 0 Å². The summed E-state index contributed by atoms with van der Waals surface area (Å²) >= 11 is 0. The highest BCUT2D eigenvalue weighted by Crippen LogP contribution is 2.38. The van der Waals surface area contributed by atoms with Crippen molar-refractivity contribution in [3.8, 4) is 0 Å². The zero-order valence-electron chi connectivity index (χ0n) is 14.3. The Bertz CT molecular complexity index is 468. The molecular weight excluding hydrogens is 254 g/mol. The molecule has 0 atom stereocenters. The fourth-order valence-electron chi connectivity index (χ4n) is 3.80. The maximum absolute atomic E-state index is 2.74. The highest BCUT2D eigenvalue weighted by Gasteiger charge is 2.35. The third kappa shape index (κ3) is 3.04. The molecule has 2 fully saturated rings. The van der Waals surface area contributed by atoms with E-state index in [1.54, 1.807) is 5.56 Å². The van der Waals surface area contributed by atoms with Crippen molar-refractivity contribution >= 4 is 0 Å². The Morgan fingerprint density at radius 3 is 2.00 bits per heavy atom. The van der Waals surface area contributed by atoms with Crippen LogP contribution in [-0.2, 0) is 10.8 Å². The zero-order chi connectivity index (χ0) is 15.1. The van der Waals surface area contributed by atoms with Gasteiger partial charge >= 0.3 is 0 Å². The third-order valence-corrected chi connectivity index (χ3v) is 5.94. The van der Waals surface area contributed by atoms with Crippen LogP contribution in [0.2, 0.25) is 0 Å². The second kappa shape index (κ2) is 5.43. The van der Waals surface area contributed by atoms with Crippen LogP contribution in [0.25, 0.3) is 0 Å². The second-order valence-electron chi connectivity index (χ2n) is 8.51. The highest BCUT2D eigenvalue weighted by atomic mass is 15.2. The van der Waals surface area contributed by atoms with Crippen LogP contribution in [0.1, 0.15) is 70.9 Å². The molecule has 1 aliphatic heterocycles. The number of hydrogen-bond acceptors (Lipinski definition) is 1. The first-order chi connectivity index (χ1) is 9.88. The lowest BCUT2D eigenvalue weighted by Crippen LogP contribution is -2.48. The molecule has 21 heavy (non-hydrogen) atoms. The summed E-state index contributed by atoms with van der Waals surface area (Å²) in [6, 6.07) is 10.4. The van der Waals surface area contributed by atoms with Gasteiger partial charge in [0.05, 0.1) is 0 Å². The summed E-state index contributed by atoms with van der Waals surface area (Å²) < 4.78 is 0. The fourth-order valence-corrected chi connectivity index (χ4v) is 3.80. The second-order valence-corrected chi connectivity index (χ2v) is 8.51. The molecule has 1 heteroatoms. The summed E-state index contributed by atoms with van der Waals surface area (Å²) in [6.07, 6.45) is 6.97. The molecule has 1 saturated heterocycles. The van der Waals surface area contributed by atoms with Gasteiger partial charge in [-0.25, -0.2) is 0 Å². The van der Waals surface area contributed by atoms with Gasteiger partial charge in [-0.05, 0) is 60.7 Å². The highest BCUT2D eigenvalue weighted by molar-refractivity contribution is 5.32. The lowest BCUT2D eigenvalue weighted by molar-refractivity contribution is 0.0773. The summed E-state index contributed by atoms with van der Waals surface area (Å²) in [4.78, 5) is 2.74. The van der Waals surface area contributed by atoms with Gasteiger partial charge in [0.25, 0.3) is 0 Å². The van der Waals surface area contributed by atoms with E-state index in [0.29, 0.717) is 5.41 Å².